The first-order valence-electron chi connectivity index (χ1n) is 6.13. The van der Waals surface area contributed by atoms with Crippen molar-refractivity contribution < 1.29 is 4.79 Å². The van der Waals surface area contributed by atoms with Crippen LogP contribution in [0.25, 0.3) is 11.6 Å². The van der Waals surface area contributed by atoms with Crippen LogP contribution < -0.4 is 0 Å². The molecule has 1 amide bonds. The van der Waals surface area contributed by atoms with E-state index in [9.17, 15) is 4.79 Å². The molecule has 1 aliphatic heterocycles. The zero-order valence-corrected chi connectivity index (χ0v) is 13.7. The van der Waals surface area contributed by atoms with E-state index in [0.717, 1.165) is 20.4 Å². The molecular weight excluding hydrogens is 329 g/mol. The molecule has 1 aromatic carbocycles. The molecule has 1 heterocycles. The maximum absolute atomic E-state index is 12.1. The fraction of sp³-hybridized carbons (Fsp3) is 0.200. The summed E-state index contributed by atoms with van der Waals surface area (Å²) in [7, 11) is 0. The summed E-state index contributed by atoms with van der Waals surface area (Å²) < 4.78 is 1.07. The Balaban J connectivity index is 2.19. The number of benzene rings is 1. The molecule has 1 aliphatic carbocycles. The predicted molar refractivity (Wildman–Crippen MR) is 78.2 cm³/mol. The number of rotatable bonds is 1. The third kappa shape index (κ3) is 1.79. The van der Waals surface area contributed by atoms with Gasteiger partial charge >= 0.3 is 111 Å². The fourth-order valence-corrected chi connectivity index (χ4v) is 5.20. The third-order valence-corrected chi connectivity index (χ3v) is 8.46. The number of fused-ring (bicyclic) bond motifs is 3. The van der Waals surface area contributed by atoms with Crippen LogP contribution in [0.5, 0.6) is 0 Å². The Morgan fingerprint density at radius 1 is 1.00 bits per heavy atom. The van der Waals surface area contributed by atoms with Crippen molar-refractivity contribution in [2.24, 2.45) is 4.99 Å². The molecule has 2 nitrogen and oxygen atoms in total. The first-order valence-corrected chi connectivity index (χ1v) is 16.1. The number of aliphatic imine (C=N–C) groups is 1. The number of hydrogen-bond donors (Lipinski definition) is 0. The van der Waals surface area contributed by atoms with Crippen LogP contribution in [0.2, 0.25) is 14.8 Å². The fourth-order valence-electron chi connectivity index (χ4n) is 2.30. The second-order valence-electron chi connectivity index (χ2n) is 5.76. The minimum absolute atomic E-state index is 0.0645. The zero-order valence-electron chi connectivity index (χ0n) is 10.8. The summed E-state index contributed by atoms with van der Waals surface area (Å²) in [4.78, 5) is 23.3. The molecule has 0 spiro atoms. The summed E-state index contributed by atoms with van der Waals surface area (Å²) >= 11 is -2.30. The summed E-state index contributed by atoms with van der Waals surface area (Å²) in [6.45, 7) is 0. The second-order valence-corrected chi connectivity index (χ2v) is 20.1. The van der Waals surface area contributed by atoms with Crippen molar-refractivity contribution in [2.75, 3.05) is 0 Å². The molecule has 0 aromatic heterocycles. The zero-order chi connectivity index (χ0) is 12.9. The molecule has 3 rings (SSSR count). The van der Waals surface area contributed by atoms with Gasteiger partial charge in [-0.05, 0) is 0 Å². The van der Waals surface area contributed by atoms with E-state index in [0.29, 0.717) is 0 Å². The van der Waals surface area contributed by atoms with Crippen molar-refractivity contribution in [3.8, 4) is 0 Å². The first-order chi connectivity index (χ1) is 8.47. The molecule has 0 unspecified atom stereocenters. The van der Waals surface area contributed by atoms with E-state index in [-0.39, 0.29) is 5.91 Å². The number of dihydropyridines is 1. The van der Waals surface area contributed by atoms with Crippen molar-refractivity contribution in [3.05, 3.63) is 47.0 Å². The molecule has 0 saturated carbocycles. The Hall–Kier alpha value is -1.16. The molecule has 0 atom stereocenters. The molecule has 0 fully saturated rings. The van der Waals surface area contributed by atoms with Gasteiger partial charge in [-0.1, -0.05) is 0 Å². The molecular formula is C15H15NOSn. The molecule has 3 heteroatoms. The van der Waals surface area contributed by atoms with E-state index in [1.807, 2.05) is 18.2 Å². The van der Waals surface area contributed by atoms with Gasteiger partial charge in [-0.25, -0.2) is 0 Å². The van der Waals surface area contributed by atoms with Crippen LogP contribution in [0.4, 0.5) is 0 Å². The quantitative estimate of drug-likeness (QED) is 0.719. The molecule has 0 N–H and O–H groups in total. The molecule has 0 radical (unpaired) electrons. The molecule has 90 valence electrons. The summed E-state index contributed by atoms with van der Waals surface area (Å²) in [6, 6.07) is 8.16. The van der Waals surface area contributed by atoms with Gasteiger partial charge in [0.2, 0.25) is 0 Å². The van der Waals surface area contributed by atoms with Crippen LogP contribution >= 0.6 is 0 Å². The van der Waals surface area contributed by atoms with Gasteiger partial charge in [0, 0.05) is 0 Å². The van der Waals surface area contributed by atoms with Crippen LogP contribution in [0.15, 0.2) is 40.9 Å². The average Bonchev–Trinajstić information content (AvgIpc) is 2.67. The van der Waals surface area contributed by atoms with Gasteiger partial charge in [-0.3, -0.25) is 0 Å². The van der Waals surface area contributed by atoms with Gasteiger partial charge in [-0.2, -0.15) is 0 Å². The molecule has 18 heavy (non-hydrogen) atoms. The normalized spacial score (nSPS) is 17.7. The summed E-state index contributed by atoms with van der Waals surface area (Å²) in [5.41, 5.74) is 4.14. The number of allylic oxidation sites excluding steroid dienone is 1. The van der Waals surface area contributed by atoms with Gasteiger partial charge < -0.3 is 0 Å². The third-order valence-electron chi connectivity index (χ3n) is 3.34. The summed E-state index contributed by atoms with van der Waals surface area (Å²) in [6.07, 6.45) is 4.11. The van der Waals surface area contributed by atoms with E-state index in [4.69, 9.17) is 0 Å². The molecule has 1 aromatic rings. The van der Waals surface area contributed by atoms with Crippen LogP contribution in [-0.4, -0.2) is 28.0 Å². The molecule has 0 bridgehead atoms. The van der Waals surface area contributed by atoms with Gasteiger partial charge in [0.1, 0.15) is 0 Å². The van der Waals surface area contributed by atoms with Crippen LogP contribution in [0.3, 0.4) is 0 Å². The van der Waals surface area contributed by atoms with Crippen LogP contribution in [0, 0.1) is 0 Å². The van der Waals surface area contributed by atoms with E-state index >= 15 is 0 Å². The van der Waals surface area contributed by atoms with E-state index in [1.165, 1.54) is 5.56 Å². The molecule has 0 saturated heterocycles. The van der Waals surface area contributed by atoms with Crippen molar-refractivity contribution >= 4 is 39.7 Å². The Bertz CT molecular complexity index is 645. The standard InChI is InChI=1S/C12H6NO.3CH3.Sn/c14-12-11-7-8-3-1-2-4-9(8)10(11)5-6-13-12;;;;/h1-5,7H;3*1H3;. The average molecular weight is 344 g/mol. The van der Waals surface area contributed by atoms with Gasteiger partial charge in [0.05, 0.1) is 0 Å². The van der Waals surface area contributed by atoms with Gasteiger partial charge in [0.15, 0.2) is 0 Å². The van der Waals surface area contributed by atoms with Crippen LogP contribution in [0.1, 0.15) is 11.1 Å². The maximum atomic E-state index is 12.1. The number of carbonyl (C=O) groups is 1. The minimum atomic E-state index is -2.30. The van der Waals surface area contributed by atoms with Crippen LogP contribution in [-0.2, 0) is 4.79 Å². The van der Waals surface area contributed by atoms with Gasteiger partial charge in [-0.15, -0.1) is 0 Å². The second kappa shape index (κ2) is 3.92. The Labute approximate surface area is 111 Å². The SMILES string of the molecule is [CH3][Sn]([CH3])([CH3])[C]1=NC(=O)C2=Cc3ccccc3C2=C1. The van der Waals surface area contributed by atoms with Gasteiger partial charge in [0.25, 0.3) is 0 Å². The van der Waals surface area contributed by atoms with Crippen molar-refractivity contribution in [1.29, 1.82) is 0 Å². The summed E-state index contributed by atoms with van der Waals surface area (Å²) in [5, 5.41) is 0. The number of amides is 1. The van der Waals surface area contributed by atoms with Crippen molar-refractivity contribution in [1.82, 2.24) is 0 Å². The predicted octanol–water partition coefficient (Wildman–Crippen LogP) is 3.33. The summed E-state index contributed by atoms with van der Waals surface area (Å²) in [5.74, 6) is -0.0645. The number of carbonyl (C=O) groups excluding carboxylic acids is 1. The first kappa shape index (κ1) is 11.9. The topological polar surface area (TPSA) is 29.4 Å². The number of hydrogen-bond acceptors (Lipinski definition) is 1. The van der Waals surface area contributed by atoms with Crippen molar-refractivity contribution in [3.63, 3.8) is 0 Å². The molecule has 2 aliphatic rings. The number of nitrogens with zero attached hydrogens (tertiary/aromatic N) is 1. The van der Waals surface area contributed by atoms with E-state index in [1.54, 1.807) is 0 Å². The monoisotopic (exact) mass is 345 g/mol. The Morgan fingerprint density at radius 2 is 1.72 bits per heavy atom. The van der Waals surface area contributed by atoms with Crippen molar-refractivity contribution in [2.45, 2.75) is 14.8 Å². The Morgan fingerprint density at radius 3 is 2.44 bits per heavy atom. The van der Waals surface area contributed by atoms with E-state index < -0.39 is 18.4 Å². The Kier molecular flexibility index (Phi) is 2.59. The van der Waals surface area contributed by atoms with E-state index in [2.05, 4.69) is 38.0 Å².